The van der Waals surface area contributed by atoms with Crippen LogP contribution in [0.1, 0.15) is 35.5 Å². The van der Waals surface area contributed by atoms with Crippen molar-refractivity contribution in [1.82, 2.24) is 9.47 Å². The molecule has 4 heteroatoms. The Bertz CT molecular complexity index is 982. The average Bonchev–Trinajstić information content (AvgIpc) is 3.05. The molecular formula is C24H29N3O. The molecule has 1 saturated heterocycles. The number of fused-ring (bicyclic) bond motifs is 1. The van der Waals surface area contributed by atoms with Crippen molar-refractivity contribution in [1.29, 1.82) is 0 Å². The summed E-state index contributed by atoms with van der Waals surface area (Å²) in [6, 6.07) is 17.1. The molecule has 0 radical (unpaired) electrons. The minimum Gasteiger partial charge on any atom is -0.368 e. The highest BCUT2D eigenvalue weighted by Gasteiger charge is 2.27. The third kappa shape index (κ3) is 3.17. The highest BCUT2D eigenvalue weighted by Crippen LogP contribution is 2.28. The van der Waals surface area contributed by atoms with E-state index in [9.17, 15) is 4.79 Å². The number of aryl methyl sites for hydroxylation is 3. The first kappa shape index (κ1) is 18.6. The van der Waals surface area contributed by atoms with E-state index < -0.39 is 0 Å². The number of carbonyl (C=O) groups excluding carboxylic acids is 1. The molecule has 3 aromatic rings. The van der Waals surface area contributed by atoms with Gasteiger partial charge in [0.15, 0.2) is 0 Å². The minimum absolute atomic E-state index is 0.168. The number of para-hydroxylation sites is 1. The zero-order valence-electron chi connectivity index (χ0n) is 17.1. The molecule has 0 spiro atoms. The molecule has 146 valence electrons. The second-order valence-electron chi connectivity index (χ2n) is 7.54. The van der Waals surface area contributed by atoms with E-state index in [1.165, 1.54) is 22.2 Å². The molecule has 0 atom stereocenters. The quantitative estimate of drug-likeness (QED) is 0.672. The SMILES string of the molecule is CCc1ccc2c(c1)c(C)c(C(=O)N1CCN(c3ccccc3)CC1)n2CC. The van der Waals surface area contributed by atoms with E-state index in [1.54, 1.807) is 0 Å². The molecule has 4 nitrogen and oxygen atoms in total. The number of anilines is 1. The predicted octanol–water partition coefficient (Wildman–Crippen LogP) is 4.49. The van der Waals surface area contributed by atoms with E-state index in [2.05, 4.69) is 72.7 Å². The van der Waals surface area contributed by atoms with Crippen molar-refractivity contribution in [3.8, 4) is 0 Å². The van der Waals surface area contributed by atoms with Crippen LogP contribution in [0.2, 0.25) is 0 Å². The molecule has 2 aromatic carbocycles. The molecule has 1 aliphatic heterocycles. The number of nitrogens with zero attached hydrogens (tertiary/aromatic N) is 3. The van der Waals surface area contributed by atoms with Crippen molar-refractivity contribution in [2.45, 2.75) is 33.7 Å². The maximum Gasteiger partial charge on any atom is 0.270 e. The monoisotopic (exact) mass is 375 g/mol. The molecule has 4 rings (SSSR count). The van der Waals surface area contributed by atoms with Crippen LogP contribution in [0, 0.1) is 6.92 Å². The van der Waals surface area contributed by atoms with Gasteiger partial charge in [-0.3, -0.25) is 4.79 Å². The van der Waals surface area contributed by atoms with E-state index in [-0.39, 0.29) is 5.91 Å². The normalized spacial score (nSPS) is 14.7. The fourth-order valence-corrected chi connectivity index (χ4v) is 4.35. The molecule has 28 heavy (non-hydrogen) atoms. The van der Waals surface area contributed by atoms with Crippen LogP contribution in [0.25, 0.3) is 10.9 Å². The van der Waals surface area contributed by atoms with Crippen LogP contribution in [-0.4, -0.2) is 41.6 Å². The molecule has 2 heterocycles. The Morgan fingerprint density at radius 2 is 1.68 bits per heavy atom. The van der Waals surface area contributed by atoms with Gasteiger partial charge in [0.05, 0.1) is 0 Å². The summed E-state index contributed by atoms with van der Waals surface area (Å²) in [5, 5.41) is 1.22. The highest BCUT2D eigenvalue weighted by molar-refractivity contribution is 6.02. The smallest absolute Gasteiger partial charge is 0.270 e. The van der Waals surface area contributed by atoms with Gasteiger partial charge in [-0.2, -0.15) is 0 Å². The third-order valence-electron chi connectivity index (χ3n) is 6.00. The molecule has 0 N–H and O–H groups in total. The molecule has 1 amide bonds. The van der Waals surface area contributed by atoms with Gasteiger partial charge in [-0.1, -0.05) is 31.2 Å². The van der Waals surface area contributed by atoms with Crippen LogP contribution in [-0.2, 0) is 13.0 Å². The number of benzene rings is 2. The Morgan fingerprint density at radius 1 is 0.964 bits per heavy atom. The van der Waals surface area contributed by atoms with E-state index in [4.69, 9.17) is 0 Å². The van der Waals surface area contributed by atoms with Crippen LogP contribution in [0.4, 0.5) is 5.69 Å². The summed E-state index contributed by atoms with van der Waals surface area (Å²) in [6.45, 7) is 10.5. The molecule has 0 saturated carbocycles. The molecule has 1 aromatic heterocycles. The minimum atomic E-state index is 0.168. The number of rotatable bonds is 4. The van der Waals surface area contributed by atoms with E-state index >= 15 is 0 Å². The van der Waals surface area contributed by atoms with Gasteiger partial charge >= 0.3 is 0 Å². The largest absolute Gasteiger partial charge is 0.368 e. The van der Waals surface area contributed by atoms with Crippen LogP contribution in [0.15, 0.2) is 48.5 Å². The fraction of sp³-hybridized carbons (Fsp3) is 0.375. The van der Waals surface area contributed by atoms with E-state index in [1.807, 2.05) is 11.0 Å². The molecule has 1 aliphatic rings. The van der Waals surface area contributed by atoms with Crippen LogP contribution >= 0.6 is 0 Å². The number of piperazine rings is 1. The van der Waals surface area contributed by atoms with Gasteiger partial charge in [-0.15, -0.1) is 0 Å². The lowest BCUT2D eigenvalue weighted by Gasteiger charge is -2.36. The summed E-state index contributed by atoms with van der Waals surface area (Å²) in [4.78, 5) is 17.8. The van der Waals surface area contributed by atoms with Gasteiger partial charge in [0.2, 0.25) is 0 Å². The Kier molecular flexibility index (Phi) is 5.12. The number of hydrogen-bond acceptors (Lipinski definition) is 2. The molecular weight excluding hydrogens is 346 g/mol. The van der Waals surface area contributed by atoms with E-state index in [0.29, 0.717) is 0 Å². The molecule has 1 fully saturated rings. The Hall–Kier alpha value is -2.75. The van der Waals surface area contributed by atoms with Gasteiger partial charge in [-0.05, 0) is 55.7 Å². The van der Waals surface area contributed by atoms with Crippen molar-refractivity contribution < 1.29 is 4.79 Å². The van der Waals surface area contributed by atoms with Crippen molar-refractivity contribution in [3.05, 3.63) is 65.4 Å². The zero-order valence-corrected chi connectivity index (χ0v) is 17.1. The molecule has 0 bridgehead atoms. The Labute approximate surface area is 167 Å². The third-order valence-corrected chi connectivity index (χ3v) is 6.00. The van der Waals surface area contributed by atoms with Gasteiger partial charge in [0.1, 0.15) is 5.69 Å². The number of carbonyl (C=O) groups is 1. The first-order valence-electron chi connectivity index (χ1n) is 10.3. The van der Waals surface area contributed by atoms with Gasteiger partial charge in [-0.25, -0.2) is 0 Å². The maximum absolute atomic E-state index is 13.5. The summed E-state index contributed by atoms with van der Waals surface area (Å²) >= 11 is 0. The number of amides is 1. The second-order valence-corrected chi connectivity index (χ2v) is 7.54. The second kappa shape index (κ2) is 7.70. The lowest BCUT2D eigenvalue weighted by atomic mass is 10.1. The molecule has 0 aliphatic carbocycles. The van der Waals surface area contributed by atoms with Crippen LogP contribution in [0.3, 0.4) is 0 Å². The van der Waals surface area contributed by atoms with Crippen molar-refractivity contribution >= 4 is 22.5 Å². The number of aromatic nitrogens is 1. The summed E-state index contributed by atoms with van der Waals surface area (Å²) in [5.41, 5.74) is 5.70. The van der Waals surface area contributed by atoms with Gasteiger partial charge < -0.3 is 14.4 Å². The first-order chi connectivity index (χ1) is 13.6. The standard InChI is InChI=1S/C24H29N3O/c1-4-19-11-12-22-21(17-19)18(3)23(27(22)5-2)24(28)26-15-13-25(14-16-26)20-9-7-6-8-10-20/h6-12,17H,4-5,13-16H2,1-3H3. The summed E-state index contributed by atoms with van der Waals surface area (Å²) < 4.78 is 2.19. The highest BCUT2D eigenvalue weighted by atomic mass is 16.2. The summed E-state index contributed by atoms with van der Waals surface area (Å²) in [6.07, 6.45) is 1.01. The van der Waals surface area contributed by atoms with Gasteiger partial charge in [0, 0.05) is 49.3 Å². The predicted molar refractivity (Wildman–Crippen MR) is 116 cm³/mol. The van der Waals surface area contributed by atoms with Crippen molar-refractivity contribution in [2.75, 3.05) is 31.1 Å². The topological polar surface area (TPSA) is 28.5 Å². The van der Waals surface area contributed by atoms with Crippen LogP contribution < -0.4 is 4.90 Å². The maximum atomic E-state index is 13.5. The van der Waals surface area contributed by atoms with Crippen LogP contribution in [0.5, 0.6) is 0 Å². The summed E-state index contributed by atoms with van der Waals surface area (Å²) in [5.74, 6) is 0.168. The lowest BCUT2D eigenvalue weighted by molar-refractivity contribution is 0.0735. The first-order valence-corrected chi connectivity index (χ1v) is 10.3. The number of hydrogen-bond donors (Lipinski definition) is 0. The van der Waals surface area contributed by atoms with Gasteiger partial charge in [0.25, 0.3) is 5.91 Å². The Balaban J connectivity index is 1.60. The van der Waals surface area contributed by atoms with Crippen molar-refractivity contribution in [2.24, 2.45) is 0 Å². The van der Waals surface area contributed by atoms with E-state index in [0.717, 1.165) is 50.4 Å². The Morgan fingerprint density at radius 3 is 2.32 bits per heavy atom. The average molecular weight is 376 g/mol. The zero-order chi connectivity index (χ0) is 19.7. The lowest BCUT2D eigenvalue weighted by Crippen LogP contribution is -2.49. The molecule has 0 unspecified atom stereocenters. The fourth-order valence-electron chi connectivity index (χ4n) is 4.35. The van der Waals surface area contributed by atoms with Crippen molar-refractivity contribution in [3.63, 3.8) is 0 Å². The summed E-state index contributed by atoms with van der Waals surface area (Å²) in [7, 11) is 0.